The van der Waals surface area contributed by atoms with Gasteiger partial charge in [-0.25, -0.2) is 14.0 Å². The van der Waals surface area contributed by atoms with Crippen molar-refractivity contribution < 1.29 is 36.1 Å². The fraction of sp³-hybridized carbons (Fsp3) is 0.778. The van der Waals surface area contributed by atoms with Gasteiger partial charge < -0.3 is 9.47 Å². The predicted molar refractivity (Wildman–Crippen MR) is 57.9 cm³/mol. The van der Waals surface area contributed by atoms with Crippen LogP contribution in [0.15, 0.2) is 0 Å². The number of rotatable bonds is 7. The van der Waals surface area contributed by atoms with E-state index in [2.05, 4.69) is 13.7 Å². The van der Waals surface area contributed by atoms with Crippen LogP contribution in [0, 0.1) is 0 Å². The van der Waals surface area contributed by atoms with E-state index in [-0.39, 0.29) is 13.2 Å². The molecular formula is C9H15FO7S. The summed E-state index contributed by atoms with van der Waals surface area (Å²) in [7, 11) is -4.01. The summed E-state index contributed by atoms with van der Waals surface area (Å²) in [5.74, 6) is -3.10. The number of ether oxygens (including phenoxy) is 2. The van der Waals surface area contributed by atoms with Crippen LogP contribution in [0.3, 0.4) is 0 Å². The van der Waals surface area contributed by atoms with Crippen LogP contribution in [0.4, 0.5) is 4.39 Å². The Hall–Kier alpha value is -1.22. The van der Waals surface area contributed by atoms with Crippen LogP contribution in [-0.2, 0) is 33.4 Å². The minimum absolute atomic E-state index is 0.178. The molecule has 9 heteroatoms. The van der Waals surface area contributed by atoms with E-state index in [1.54, 1.807) is 0 Å². The summed E-state index contributed by atoms with van der Waals surface area (Å²) in [6, 6.07) is 0. The Labute approximate surface area is 104 Å². The van der Waals surface area contributed by atoms with E-state index in [0.717, 1.165) is 0 Å². The smallest absolute Gasteiger partial charge is 0.358 e. The highest BCUT2D eigenvalue weighted by molar-refractivity contribution is 7.85. The van der Waals surface area contributed by atoms with Crippen LogP contribution in [0.25, 0.3) is 0 Å². The summed E-state index contributed by atoms with van der Waals surface area (Å²) < 4.78 is 48.5. The van der Waals surface area contributed by atoms with E-state index >= 15 is 0 Å². The lowest BCUT2D eigenvalue weighted by atomic mass is 10.1. The second kappa shape index (κ2) is 6.64. The second-order valence-electron chi connectivity index (χ2n) is 3.21. The lowest BCUT2D eigenvalue weighted by Gasteiger charge is -2.20. The van der Waals surface area contributed by atoms with Crippen molar-refractivity contribution in [2.45, 2.75) is 19.5 Å². The van der Waals surface area contributed by atoms with Gasteiger partial charge in [-0.15, -0.1) is 0 Å². The van der Waals surface area contributed by atoms with E-state index < -0.39 is 34.3 Å². The van der Waals surface area contributed by atoms with E-state index in [1.807, 2.05) is 0 Å². The molecule has 0 radical (unpaired) electrons. The van der Waals surface area contributed by atoms with Crippen LogP contribution in [-0.4, -0.2) is 52.1 Å². The van der Waals surface area contributed by atoms with Crippen molar-refractivity contribution in [2.75, 3.05) is 26.1 Å². The third-order valence-electron chi connectivity index (χ3n) is 1.67. The highest BCUT2D eigenvalue weighted by atomic mass is 32.2. The van der Waals surface area contributed by atoms with Crippen molar-refractivity contribution in [1.29, 1.82) is 0 Å². The Morgan fingerprint density at radius 3 is 1.78 bits per heavy atom. The molecule has 106 valence electrons. The first-order valence-corrected chi connectivity index (χ1v) is 6.86. The van der Waals surface area contributed by atoms with Gasteiger partial charge in [0.25, 0.3) is 10.1 Å². The molecule has 0 aromatic rings. The first kappa shape index (κ1) is 16.8. The standard InChI is InChI=1S/C9H15FO7S/c1-4-15-7(11)9(10,8(12)16-5-2)6-17-18(3,13)14/h4-6H2,1-3H3. The van der Waals surface area contributed by atoms with Gasteiger partial charge in [0, 0.05) is 0 Å². The fourth-order valence-electron chi connectivity index (χ4n) is 0.880. The summed E-state index contributed by atoms with van der Waals surface area (Å²) in [5, 5.41) is 0. The largest absolute Gasteiger partial charge is 0.463 e. The molecule has 0 aliphatic rings. The summed E-state index contributed by atoms with van der Waals surface area (Å²) in [6.45, 7) is 1.14. The zero-order chi connectivity index (χ0) is 14.4. The molecular weight excluding hydrogens is 271 g/mol. The molecule has 0 aromatic carbocycles. The number of carbonyl (C=O) groups is 2. The van der Waals surface area contributed by atoms with Crippen molar-refractivity contribution in [3.8, 4) is 0 Å². The summed E-state index contributed by atoms with van der Waals surface area (Å²) in [5.41, 5.74) is -3.30. The number of esters is 2. The maximum Gasteiger partial charge on any atom is 0.358 e. The molecule has 7 nitrogen and oxygen atoms in total. The Morgan fingerprint density at radius 2 is 1.50 bits per heavy atom. The van der Waals surface area contributed by atoms with Crippen LogP contribution in [0.1, 0.15) is 13.8 Å². The highest BCUT2D eigenvalue weighted by Gasteiger charge is 2.51. The van der Waals surface area contributed by atoms with Gasteiger partial charge in [0.15, 0.2) is 0 Å². The van der Waals surface area contributed by atoms with Crippen LogP contribution >= 0.6 is 0 Å². The fourth-order valence-corrected chi connectivity index (χ4v) is 1.26. The van der Waals surface area contributed by atoms with Crippen molar-refractivity contribution in [2.24, 2.45) is 0 Å². The van der Waals surface area contributed by atoms with Crippen LogP contribution in [0.5, 0.6) is 0 Å². The number of hydrogen-bond acceptors (Lipinski definition) is 7. The molecule has 0 saturated carbocycles. The zero-order valence-electron chi connectivity index (χ0n) is 10.3. The second-order valence-corrected chi connectivity index (χ2v) is 4.85. The third kappa shape index (κ3) is 4.96. The maximum atomic E-state index is 14.1. The van der Waals surface area contributed by atoms with E-state index in [0.29, 0.717) is 6.26 Å². The third-order valence-corrected chi connectivity index (χ3v) is 2.22. The van der Waals surface area contributed by atoms with Gasteiger partial charge in [-0.05, 0) is 13.8 Å². The van der Waals surface area contributed by atoms with Gasteiger partial charge >= 0.3 is 17.6 Å². The highest BCUT2D eigenvalue weighted by Crippen LogP contribution is 2.18. The molecule has 0 amide bonds. The molecule has 0 N–H and O–H groups in total. The normalized spacial score (nSPS) is 12.0. The molecule has 18 heavy (non-hydrogen) atoms. The quantitative estimate of drug-likeness (QED) is 0.363. The van der Waals surface area contributed by atoms with Gasteiger partial charge in [0.1, 0.15) is 6.61 Å². The predicted octanol–water partition coefficient (Wildman–Crippen LogP) is -0.203. The average molecular weight is 286 g/mol. The molecule has 0 saturated heterocycles. The molecule has 0 bridgehead atoms. The molecule has 0 atom stereocenters. The summed E-state index contributed by atoms with van der Waals surface area (Å²) in [4.78, 5) is 22.7. The topological polar surface area (TPSA) is 96.0 Å². The molecule has 0 fully saturated rings. The molecule has 0 heterocycles. The minimum Gasteiger partial charge on any atom is -0.463 e. The van der Waals surface area contributed by atoms with Crippen molar-refractivity contribution in [3.05, 3.63) is 0 Å². The zero-order valence-corrected chi connectivity index (χ0v) is 11.1. The molecule has 0 aliphatic heterocycles. The first-order valence-electron chi connectivity index (χ1n) is 5.05. The Morgan fingerprint density at radius 1 is 1.11 bits per heavy atom. The van der Waals surface area contributed by atoms with Crippen molar-refractivity contribution >= 4 is 22.1 Å². The molecule has 0 unspecified atom stereocenters. The number of halogens is 1. The number of hydrogen-bond donors (Lipinski definition) is 0. The van der Waals surface area contributed by atoms with Crippen LogP contribution in [0.2, 0.25) is 0 Å². The van der Waals surface area contributed by atoms with E-state index in [4.69, 9.17) is 0 Å². The number of alkyl halides is 1. The molecule has 0 spiro atoms. The summed E-state index contributed by atoms with van der Waals surface area (Å²) >= 11 is 0. The SMILES string of the molecule is CCOC(=O)C(F)(COS(C)(=O)=O)C(=O)OCC. The van der Waals surface area contributed by atoms with Crippen molar-refractivity contribution in [1.82, 2.24) is 0 Å². The Bertz CT molecular complexity index is 385. The van der Waals surface area contributed by atoms with Gasteiger partial charge in [-0.1, -0.05) is 0 Å². The van der Waals surface area contributed by atoms with E-state index in [1.165, 1.54) is 13.8 Å². The Kier molecular flexibility index (Phi) is 6.19. The maximum absolute atomic E-state index is 14.1. The van der Waals surface area contributed by atoms with Crippen molar-refractivity contribution in [3.63, 3.8) is 0 Å². The minimum atomic E-state index is -4.01. The first-order chi connectivity index (χ1) is 8.17. The molecule has 0 aliphatic carbocycles. The van der Waals surface area contributed by atoms with Gasteiger partial charge in [-0.3, -0.25) is 4.18 Å². The molecule has 0 rings (SSSR count). The van der Waals surface area contributed by atoms with Gasteiger partial charge in [0.05, 0.1) is 19.5 Å². The molecule has 0 aromatic heterocycles. The Balaban J connectivity index is 5.02. The monoisotopic (exact) mass is 286 g/mol. The lowest BCUT2D eigenvalue weighted by Crippen LogP contribution is -2.49. The summed E-state index contributed by atoms with van der Waals surface area (Å²) in [6.07, 6.45) is 0.656. The number of carbonyl (C=O) groups excluding carboxylic acids is 2. The van der Waals surface area contributed by atoms with Gasteiger partial charge in [-0.2, -0.15) is 8.42 Å². The van der Waals surface area contributed by atoms with Gasteiger partial charge in [0.2, 0.25) is 0 Å². The van der Waals surface area contributed by atoms with E-state index in [9.17, 15) is 22.4 Å². The van der Waals surface area contributed by atoms with Crippen LogP contribution < -0.4 is 0 Å². The lowest BCUT2D eigenvalue weighted by molar-refractivity contribution is -0.176. The average Bonchev–Trinajstić information content (AvgIpc) is 2.25.